The summed E-state index contributed by atoms with van der Waals surface area (Å²) in [5, 5.41) is 24.2. The zero-order valence-electron chi connectivity index (χ0n) is 11.9. The number of H-pyrrole nitrogens is 1. The van der Waals surface area contributed by atoms with Gasteiger partial charge in [0.15, 0.2) is 0 Å². The molecule has 24 heavy (non-hydrogen) atoms. The quantitative estimate of drug-likeness (QED) is 0.556. The summed E-state index contributed by atoms with van der Waals surface area (Å²) >= 11 is 0. The van der Waals surface area contributed by atoms with Gasteiger partial charge in [-0.25, -0.2) is 4.98 Å². The second kappa shape index (κ2) is 5.76. The van der Waals surface area contributed by atoms with Crippen LogP contribution in [0.15, 0.2) is 42.5 Å². The van der Waals surface area contributed by atoms with Crippen molar-refractivity contribution in [2.45, 2.75) is 0 Å². The van der Waals surface area contributed by atoms with Crippen LogP contribution >= 0.6 is 0 Å². The molecule has 0 aliphatic carbocycles. The molecule has 0 aliphatic rings. The number of non-ortho nitro benzene ring substituents is 1. The van der Waals surface area contributed by atoms with Gasteiger partial charge in [-0.2, -0.15) is 0 Å². The van der Waals surface area contributed by atoms with Gasteiger partial charge in [0.2, 0.25) is 5.95 Å². The lowest BCUT2D eigenvalue weighted by Gasteiger charge is -2.03. The SMILES string of the molecule is O=C(Nc1nc2ccccc2[nH]1)c1ccc([N+](=O)[O-])cc1[N+](=O)[O-]. The summed E-state index contributed by atoms with van der Waals surface area (Å²) in [4.78, 5) is 39.4. The van der Waals surface area contributed by atoms with Crippen molar-refractivity contribution in [2.24, 2.45) is 0 Å². The summed E-state index contributed by atoms with van der Waals surface area (Å²) in [5.74, 6) is -0.676. The smallest absolute Gasteiger partial charge is 0.289 e. The van der Waals surface area contributed by atoms with Gasteiger partial charge in [-0.05, 0) is 18.2 Å². The Bertz CT molecular complexity index is 948. The molecular weight excluding hydrogens is 318 g/mol. The number of imidazole rings is 1. The van der Waals surface area contributed by atoms with E-state index < -0.39 is 27.1 Å². The number of aromatic nitrogens is 2. The molecule has 10 nitrogen and oxygen atoms in total. The number of nitrogens with one attached hydrogen (secondary N) is 2. The molecular formula is C14H9N5O5. The molecule has 1 heterocycles. The van der Waals surface area contributed by atoms with Crippen LogP contribution in [0.25, 0.3) is 11.0 Å². The third kappa shape index (κ3) is 2.75. The highest BCUT2D eigenvalue weighted by atomic mass is 16.6. The Morgan fingerprint density at radius 1 is 1.08 bits per heavy atom. The van der Waals surface area contributed by atoms with Gasteiger partial charge in [0.05, 0.1) is 26.9 Å². The largest absolute Gasteiger partial charge is 0.324 e. The van der Waals surface area contributed by atoms with Crippen LogP contribution in [-0.2, 0) is 0 Å². The topological polar surface area (TPSA) is 144 Å². The lowest BCUT2D eigenvalue weighted by molar-refractivity contribution is -0.394. The maximum absolute atomic E-state index is 12.3. The fourth-order valence-corrected chi connectivity index (χ4v) is 2.16. The zero-order valence-corrected chi connectivity index (χ0v) is 11.9. The third-order valence-electron chi connectivity index (χ3n) is 3.25. The fraction of sp³-hybridized carbons (Fsp3) is 0. The highest BCUT2D eigenvalue weighted by Crippen LogP contribution is 2.25. The number of benzene rings is 2. The summed E-state index contributed by atoms with van der Waals surface area (Å²) in [5.41, 5.74) is -0.122. The van der Waals surface area contributed by atoms with Crippen molar-refractivity contribution in [3.05, 3.63) is 68.3 Å². The molecule has 1 amide bonds. The molecule has 3 rings (SSSR count). The van der Waals surface area contributed by atoms with E-state index in [0.717, 1.165) is 18.2 Å². The molecule has 0 atom stereocenters. The highest BCUT2D eigenvalue weighted by molar-refractivity contribution is 6.07. The van der Waals surface area contributed by atoms with Gasteiger partial charge in [0.1, 0.15) is 5.56 Å². The zero-order chi connectivity index (χ0) is 17.3. The Morgan fingerprint density at radius 2 is 1.83 bits per heavy atom. The predicted molar refractivity (Wildman–Crippen MR) is 83.8 cm³/mol. The van der Waals surface area contributed by atoms with E-state index in [0.29, 0.717) is 11.0 Å². The summed E-state index contributed by atoms with van der Waals surface area (Å²) < 4.78 is 0. The predicted octanol–water partition coefficient (Wildman–Crippen LogP) is 2.63. The van der Waals surface area contributed by atoms with Crippen LogP contribution in [0.1, 0.15) is 10.4 Å². The number of hydrogen-bond acceptors (Lipinski definition) is 6. The molecule has 10 heteroatoms. The summed E-state index contributed by atoms with van der Waals surface area (Å²) in [6, 6.07) is 9.85. The van der Waals surface area contributed by atoms with Crippen LogP contribution in [-0.4, -0.2) is 25.7 Å². The molecule has 2 N–H and O–H groups in total. The summed E-state index contributed by atoms with van der Waals surface area (Å²) in [6.07, 6.45) is 0. The molecule has 0 fully saturated rings. The molecule has 0 saturated carbocycles. The molecule has 120 valence electrons. The van der Waals surface area contributed by atoms with Crippen LogP contribution in [0.2, 0.25) is 0 Å². The number of rotatable bonds is 4. The number of aromatic amines is 1. The van der Waals surface area contributed by atoms with Gasteiger partial charge in [0.25, 0.3) is 17.3 Å². The van der Waals surface area contributed by atoms with Gasteiger partial charge in [-0.15, -0.1) is 0 Å². The van der Waals surface area contributed by atoms with Crippen molar-refractivity contribution < 1.29 is 14.6 Å². The molecule has 0 unspecified atom stereocenters. The monoisotopic (exact) mass is 327 g/mol. The number of nitro benzene ring substituents is 2. The lowest BCUT2D eigenvalue weighted by atomic mass is 10.1. The van der Waals surface area contributed by atoms with Crippen LogP contribution in [0.5, 0.6) is 0 Å². The Balaban J connectivity index is 1.94. The number of fused-ring (bicyclic) bond motifs is 1. The van der Waals surface area contributed by atoms with E-state index in [1.807, 2.05) is 0 Å². The fourth-order valence-electron chi connectivity index (χ4n) is 2.16. The lowest BCUT2D eigenvalue weighted by Crippen LogP contribution is -2.15. The maximum atomic E-state index is 12.3. The maximum Gasteiger partial charge on any atom is 0.289 e. The first-order chi connectivity index (χ1) is 11.5. The molecule has 0 radical (unpaired) electrons. The van der Waals surface area contributed by atoms with Crippen molar-refractivity contribution >= 4 is 34.3 Å². The van der Waals surface area contributed by atoms with Crippen LogP contribution in [0.3, 0.4) is 0 Å². The first-order valence-electron chi connectivity index (χ1n) is 6.64. The first-order valence-corrected chi connectivity index (χ1v) is 6.64. The summed E-state index contributed by atoms with van der Waals surface area (Å²) in [6.45, 7) is 0. The van der Waals surface area contributed by atoms with Gasteiger partial charge < -0.3 is 4.98 Å². The molecule has 2 aromatic carbocycles. The third-order valence-corrected chi connectivity index (χ3v) is 3.25. The standard InChI is InChI=1S/C14H9N5O5/c20-13(17-14-15-10-3-1-2-4-11(10)16-14)9-6-5-8(18(21)22)7-12(9)19(23)24/h1-7H,(H2,15,16,17,20). The van der Waals surface area contributed by atoms with Gasteiger partial charge in [-0.1, -0.05) is 12.1 Å². The second-order valence-corrected chi connectivity index (χ2v) is 4.77. The van der Waals surface area contributed by atoms with Gasteiger partial charge >= 0.3 is 0 Å². The van der Waals surface area contributed by atoms with E-state index in [1.165, 1.54) is 0 Å². The van der Waals surface area contributed by atoms with Gasteiger partial charge in [0, 0.05) is 6.07 Å². The van der Waals surface area contributed by atoms with Crippen molar-refractivity contribution in [1.29, 1.82) is 0 Å². The Morgan fingerprint density at radius 3 is 2.50 bits per heavy atom. The van der Waals surface area contributed by atoms with E-state index in [1.54, 1.807) is 24.3 Å². The molecule has 1 aromatic heterocycles. The number of carbonyl (C=O) groups excluding carboxylic acids is 1. The van der Waals surface area contributed by atoms with Gasteiger partial charge in [-0.3, -0.25) is 30.3 Å². The minimum atomic E-state index is -0.847. The van der Waals surface area contributed by atoms with E-state index in [9.17, 15) is 25.0 Å². The Kier molecular flexibility index (Phi) is 3.62. The van der Waals surface area contributed by atoms with Crippen molar-refractivity contribution in [3.8, 4) is 0 Å². The van der Waals surface area contributed by atoms with E-state index in [4.69, 9.17) is 0 Å². The average molecular weight is 327 g/mol. The Hall–Kier alpha value is -3.82. The average Bonchev–Trinajstić information content (AvgIpc) is 2.96. The highest BCUT2D eigenvalue weighted by Gasteiger charge is 2.24. The number of hydrogen-bond donors (Lipinski definition) is 2. The number of nitro groups is 2. The molecule has 0 bridgehead atoms. The van der Waals surface area contributed by atoms with Crippen LogP contribution in [0.4, 0.5) is 17.3 Å². The van der Waals surface area contributed by atoms with Crippen molar-refractivity contribution in [3.63, 3.8) is 0 Å². The number of carbonyl (C=O) groups is 1. The number of amides is 1. The molecule has 0 saturated heterocycles. The second-order valence-electron chi connectivity index (χ2n) is 4.77. The number of para-hydroxylation sites is 2. The molecule has 0 aliphatic heterocycles. The molecule has 3 aromatic rings. The normalized spacial score (nSPS) is 10.5. The van der Waals surface area contributed by atoms with Crippen LogP contribution in [0, 0.1) is 20.2 Å². The first kappa shape index (κ1) is 15.1. The Labute approximate surface area is 133 Å². The molecule has 0 spiro atoms. The van der Waals surface area contributed by atoms with Crippen molar-refractivity contribution in [2.75, 3.05) is 5.32 Å². The van der Waals surface area contributed by atoms with E-state index >= 15 is 0 Å². The number of anilines is 1. The summed E-state index contributed by atoms with van der Waals surface area (Å²) in [7, 11) is 0. The van der Waals surface area contributed by atoms with E-state index in [2.05, 4.69) is 15.3 Å². The van der Waals surface area contributed by atoms with E-state index in [-0.39, 0.29) is 11.5 Å². The number of nitrogens with zero attached hydrogens (tertiary/aromatic N) is 3. The minimum Gasteiger partial charge on any atom is -0.324 e. The minimum absolute atomic E-state index is 0.119. The van der Waals surface area contributed by atoms with Crippen LogP contribution < -0.4 is 5.32 Å². The van der Waals surface area contributed by atoms with Crippen molar-refractivity contribution in [1.82, 2.24) is 9.97 Å².